The van der Waals surface area contributed by atoms with Gasteiger partial charge in [-0.05, 0) is 42.2 Å². The lowest BCUT2D eigenvalue weighted by molar-refractivity contribution is 0.716. The molecule has 0 atom stereocenters. The number of tetrazole rings is 1. The molecule has 0 radical (unpaired) electrons. The Bertz CT molecular complexity index is 652. The van der Waals surface area contributed by atoms with E-state index in [1.165, 1.54) is 5.56 Å². The van der Waals surface area contributed by atoms with Gasteiger partial charge in [0.25, 0.3) is 0 Å². The molecule has 0 aliphatic heterocycles. The molecule has 21 heavy (non-hydrogen) atoms. The van der Waals surface area contributed by atoms with Gasteiger partial charge in [-0.2, -0.15) is 0 Å². The molecule has 110 valence electrons. The lowest BCUT2D eigenvalue weighted by Crippen LogP contribution is -2.00. The Morgan fingerprint density at radius 1 is 1.38 bits per heavy atom. The number of benzene rings is 1. The van der Waals surface area contributed by atoms with E-state index in [1.54, 1.807) is 11.0 Å². The van der Waals surface area contributed by atoms with Crippen molar-refractivity contribution < 1.29 is 0 Å². The van der Waals surface area contributed by atoms with Crippen molar-refractivity contribution in [1.29, 1.82) is 0 Å². The van der Waals surface area contributed by atoms with E-state index < -0.39 is 0 Å². The van der Waals surface area contributed by atoms with Gasteiger partial charge < -0.3 is 0 Å². The Hall–Kier alpha value is -2.30. The van der Waals surface area contributed by atoms with Gasteiger partial charge in [-0.25, -0.2) is 0 Å². The maximum absolute atomic E-state index is 4.43. The molecule has 0 amide bonds. The first kappa shape index (κ1) is 15.1. The lowest BCUT2D eigenvalue weighted by atomic mass is 10.0. The number of aliphatic imine (C=N–C) groups is 1. The van der Waals surface area contributed by atoms with Crippen molar-refractivity contribution in [2.45, 2.75) is 40.0 Å². The van der Waals surface area contributed by atoms with Crippen molar-refractivity contribution in [1.82, 2.24) is 20.2 Å². The van der Waals surface area contributed by atoms with Gasteiger partial charge >= 0.3 is 0 Å². The van der Waals surface area contributed by atoms with Crippen molar-refractivity contribution in [3.8, 4) is 5.69 Å². The van der Waals surface area contributed by atoms with Gasteiger partial charge in [0.1, 0.15) is 5.70 Å². The highest BCUT2D eigenvalue weighted by molar-refractivity contribution is 5.69. The monoisotopic (exact) mass is 283 g/mol. The number of aromatic nitrogens is 4. The first-order chi connectivity index (χ1) is 10.2. The van der Waals surface area contributed by atoms with E-state index in [0.717, 1.165) is 17.8 Å². The second kappa shape index (κ2) is 6.92. The minimum atomic E-state index is 0.466. The zero-order valence-electron chi connectivity index (χ0n) is 13.0. The molecule has 0 bridgehead atoms. The fourth-order valence-corrected chi connectivity index (χ4v) is 1.97. The van der Waals surface area contributed by atoms with Gasteiger partial charge in [0, 0.05) is 6.21 Å². The van der Waals surface area contributed by atoms with E-state index in [4.69, 9.17) is 0 Å². The van der Waals surface area contributed by atoms with Crippen LogP contribution in [0.15, 0.2) is 35.3 Å². The van der Waals surface area contributed by atoms with E-state index in [2.05, 4.69) is 53.3 Å². The normalized spacial score (nSPS) is 12.5. The van der Waals surface area contributed by atoms with Crippen LogP contribution >= 0.6 is 0 Å². The summed E-state index contributed by atoms with van der Waals surface area (Å²) < 4.78 is 0. The molecule has 5 heteroatoms. The van der Waals surface area contributed by atoms with Crippen LogP contribution in [0.3, 0.4) is 0 Å². The van der Waals surface area contributed by atoms with Crippen LogP contribution in [-0.2, 0) is 0 Å². The summed E-state index contributed by atoms with van der Waals surface area (Å²) in [4.78, 5) is 5.85. The molecule has 1 aromatic carbocycles. The Balaban J connectivity index is 2.35. The highest BCUT2D eigenvalue weighted by atomic mass is 15.6. The molecule has 0 N–H and O–H groups in total. The van der Waals surface area contributed by atoms with Crippen LogP contribution in [0.2, 0.25) is 0 Å². The summed E-state index contributed by atoms with van der Waals surface area (Å²) in [6.07, 6.45) is 4.61. The van der Waals surface area contributed by atoms with Crippen molar-refractivity contribution in [2.24, 2.45) is 4.99 Å². The summed E-state index contributed by atoms with van der Waals surface area (Å²) in [5.74, 6) is 1.01. The van der Waals surface area contributed by atoms with E-state index >= 15 is 0 Å². The maximum Gasteiger partial charge on any atom is 0.223 e. The second-order valence-electron chi connectivity index (χ2n) is 5.04. The van der Waals surface area contributed by atoms with E-state index in [1.807, 2.05) is 25.1 Å². The van der Waals surface area contributed by atoms with Crippen molar-refractivity contribution in [3.05, 3.63) is 41.7 Å². The van der Waals surface area contributed by atoms with Crippen molar-refractivity contribution in [3.63, 3.8) is 0 Å². The minimum absolute atomic E-state index is 0.466. The SMILES string of the molecule is CC=N/C(=C\CC)c1nnn(-c2cccc(C(C)C)c2)n1. The van der Waals surface area contributed by atoms with E-state index in [0.29, 0.717) is 11.7 Å². The van der Waals surface area contributed by atoms with Crippen LogP contribution in [0.1, 0.15) is 51.4 Å². The Labute approximate surface area is 125 Å². The van der Waals surface area contributed by atoms with Crippen LogP contribution in [0.25, 0.3) is 11.4 Å². The van der Waals surface area contributed by atoms with Crippen molar-refractivity contribution >= 4 is 11.9 Å². The average Bonchev–Trinajstić information content (AvgIpc) is 2.97. The van der Waals surface area contributed by atoms with Crippen LogP contribution < -0.4 is 0 Å². The fourth-order valence-electron chi connectivity index (χ4n) is 1.97. The molecule has 0 unspecified atom stereocenters. The molecule has 0 spiro atoms. The third kappa shape index (κ3) is 3.62. The van der Waals surface area contributed by atoms with Gasteiger partial charge in [-0.15, -0.1) is 15.0 Å². The van der Waals surface area contributed by atoms with Gasteiger partial charge in [0.2, 0.25) is 5.82 Å². The largest absolute Gasteiger partial charge is 0.258 e. The molecule has 0 fully saturated rings. The number of nitrogens with zero attached hydrogens (tertiary/aromatic N) is 5. The molecule has 0 aliphatic carbocycles. The molecule has 0 saturated heterocycles. The topological polar surface area (TPSA) is 56.0 Å². The fraction of sp³-hybridized carbons (Fsp3) is 0.375. The van der Waals surface area contributed by atoms with E-state index in [-0.39, 0.29) is 0 Å². The maximum atomic E-state index is 4.43. The molecule has 5 nitrogen and oxygen atoms in total. The molecular formula is C16H21N5. The molecule has 1 aromatic heterocycles. The zero-order valence-corrected chi connectivity index (χ0v) is 13.0. The standard InChI is InChI=1S/C16H21N5/c1-5-8-15(17-6-2)16-18-20-21(19-16)14-10-7-9-13(11-14)12(3)4/h6-12H,5H2,1-4H3/b15-8-,17-6?. The summed E-state index contributed by atoms with van der Waals surface area (Å²) in [5.41, 5.74) is 2.92. The first-order valence-corrected chi connectivity index (χ1v) is 7.25. The van der Waals surface area contributed by atoms with Crippen LogP contribution in [-0.4, -0.2) is 26.4 Å². The first-order valence-electron chi connectivity index (χ1n) is 7.25. The smallest absolute Gasteiger partial charge is 0.223 e. The second-order valence-corrected chi connectivity index (χ2v) is 5.04. The highest BCUT2D eigenvalue weighted by Crippen LogP contribution is 2.18. The molecular weight excluding hydrogens is 262 g/mol. The third-order valence-corrected chi connectivity index (χ3v) is 3.08. The number of hydrogen-bond acceptors (Lipinski definition) is 4. The van der Waals surface area contributed by atoms with Crippen LogP contribution in [0.5, 0.6) is 0 Å². The minimum Gasteiger partial charge on any atom is -0.258 e. The van der Waals surface area contributed by atoms with Gasteiger partial charge in [-0.1, -0.05) is 39.0 Å². The number of rotatable bonds is 5. The third-order valence-electron chi connectivity index (χ3n) is 3.08. The summed E-state index contributed by atoms with van der Waals surface area (Å²) in [7, 11) is 0. The van der Waals surface area contributed by atoms with Gasteiger partial charge in [0.05, 0.1) is 5.69 Å². The molecule has 0 aliphatic rings. The van der Waals surface area contributed by atoms with Crippen LogP contribution in [0, 0.1) is 0 Å². The number of hydrogen-bond donors (Lipinski definition) is 0. The molecule has 2 aromatic rings. The van der Waals surface area contributed by atoms with Crippen molar-refractivity contribution in [2.75, 3.05) is 0 Å². The summed E-state index contributed by atoms with van der Waals surface area (Å²) in [5, 5.41) is 12.7. The molecule has 2 rings (SSSR count). The summed E-state index contributed by atoms with van der Waals surface area (Å²) in [6, 6.07) is 8.18. The van der Waals surface area contributed by atoms with Crippen LogP contribution in [0.4, 0.5) is 0 Å². The van der Waals surface area contributed by atoms with Gasteiger partial charge in [0.15, 0.2) is 0 Å². The number of allylic oxidation sites excluding steroid dienone is 1. The zero-order chi connectivity index (χ0) is 15.2. The predicted octanol–water partition coefficient (Wildman–Crippen LogP) is 3.63. The Kier molecular flexibility index (Phi) is 4.98. The summed E-state index contributed by atoms with van der Waals surface area (Å²) >= 11 is 0. The van der Waals surface area contributed by atoms with Gasteiger partial charge in [-0.3, -0.25) is 4.99 Å². The van der Waals surface area contributed by atoms with E-state index in [9.17, 15) is 0 Å². The Morgan fingerprint density at radius 3 is 2.86 bits per heavy atom. The quantitative estimate of drug-likeness (QED) is 0.787. The predicted molar refractivity (Wildman–Crippen MR) is 85.7 cm³/mol. The Morgan fingerprint density at radius 2 is 2.19 bits per heavy atom. The molecule has 1 heterocycles. The lowest BCUT2D eigenvalue weighted by Gasteiger charge is -2.06. The highest BCUT2D eigenvalue weighted by Gasteiger charge is 2.09. The summed E-state index contributed by atoms with van der Waals surface area (Å²) in [6.45, 7) is 8.26. The average molecular weight is 283 g/mol. The molecule has 0 saturated carbocycles.